The summed E-state index contributed by atoms with van der Waals surface area (Å²) in [6.07, 6.45) is 0.241. The first kappa shape index (κ1) is 20.3. The highest BCUT2D eigenvalue weighted by molar-refractivity contribution is 6.10. The molecule has 1 fully saturated rings. The van der Waals surface area contributed by atoms with E-state index >= 15 is 0 Å². The second kappa shape index (κ2) is 8.39. The molecule has 156 valence electrons. The van der Waals surface area contributed by atoms with Gasteiger partial charge in [-0.3, -0.25) is 14.5 Å². The molecule has 7 heteroatoms. The summed E-state index contributed by atoms with van der Waals surface area (Å²) in [6, 6.07) is 23.1. The van der Waals surface area contributed by atoms with Gasteiger partial charge in [0.1, 0.15) is 12.4 Å². The van der Waals surface area contributed by atoms with Gasteiger partial charge in [0.05, 0.1) is 0 Å². The van der Waals surface area contributed by atoms with Gasteiger partial charge in [-0.2, -0.15) is 0 Å². The zero-order chi connectivity index (χ0) is 21.8. The summed E-state index contributed by atoms with van der Waals surface area (Å²) in [6.45, 7) is -0.482. The predicted octanol–water partition coefficient (Wildman–Crippen LogP) is 3.45. The first-order chi connectivity index (χ1) is 15.0. The molecule has 31 heavy (non-hydrogen) atoms. The van der Waals surface area contributed by atoms with Crippen molar-refractivity contribution in [3.63, 3.8) is 0 Å². The molecule has 4 rings (SSSR count). The van der Waals surface area contributed by atoms with Crippen LogP contribution in [-0.4, -0.2) is 29.3 Å². The van der Waals surface area contributed by atoms with Crippen LogP contribution in [0.15, 0.2) is 84.9 Å². The number of amides is 4. The van der Waals surface area contributed by atoms with E-state index in [0.717, 1.165) is 16.5 Å². The van der Waals surface area contributed by atoms with Crippen molar-refractivity contribution in [1.82, 2.24) is 10.2 Å². The predicted molar refractivity (Wildman–Crippen MR) is 114 cm³/mol. The van der Waals surface area contributed by atoms with E-state index in [0.29, 0.717) is 5.56 Å². The molecule has 0 aromatic heterocycles. The lowest BCUT2D eigenvalue weighted by Gasteiger charge is -2.27. The van der Waals surface area contributed by atoms with Gasteiger partial charge in [-0.25, -0.2) is 9.18 Å². The molecule has 2 N–H and O–H groups in total. The minimum atomic E-state index is -1.32. The number of imide groups is 1. The van der Waals surface area contributed by atoms with Crippen LogP contribution in [0.2, 0.25) is 0 Å². The summed E-state index contributed by atoms with van der Waals surface area (Å²) >= 11 is 0. The summed E-state index contributed by atoms with van der Waals surface area (Å²) in [7, 11) is 0. The molecule has 1 heterocycles. The van der Waals surface area contributed by atoms with Crippen molar-refractivity contribution in [1.29, 1.82) is 0 Å². The molecule has 6 nitrogen and oxygen atoms in total. The maximum absolute atomic E-state index is 13.5. The minimum Gasteiger partial charge on any atom is -0.324 e. The molecule has 3 aromatic carbocycles. The van der Waals surface area contributed by atoms with E-state index in [4.69, 9.17) is 0 Å². The van der Waals surface area contributed by atoms with Gasteiger partial charge >= 0.3 is 6.03 Å². The van der Waals surface area contributed by atoms with Gasteiger partial charge in [-0.05, 0) is 29.3 Å². The SMILES string of the molecule is O=C(CN1C(=O)N[C@](Cc2ccccc2)(c2ccccc2)C1=O)Nc1cccc(F)c1. The molecule has 3 aromatic rings. The van der Waals surface area contributed by atoms with E-state index in [2.05, 4.69) is 10.6 Å². The number of carbonyl (C=O) groups excluding carboxylic acids is 3. The van der Waals surface area contributed by atoms with Crippen LogP contribution in [0.1, 0.15) is 11.1 Å². The largest absolute Gasteiger partial charge is 0.325 e. The van der Waals surface area contributed by atoms with Crippen molar-refractivity contribution in [2.75, 3.05) is 11.9 Å². The first-order valence-electron chi connectivity index (χ1n) is 9.77. The van der Waals surface area contributed by atoms with Gasteiger partial charge in [0.25, 0.3) is 5.91 Å². The van der Waals surface area contributed by atoms with E-state index in [-0.39, 0.29) is 12.1 Å². The second-order valence-corrected chi connectivity index (χ2v) is 7.31. The zero-order valence-corrected chi connectivity index (χ0v) is 16.5. The van der Waals surface area contributed by atoms with Crippen molar-refractivity contribution in [2.45, 2.75) is 12.0 Å². The molecule has 0 radical (unpaired) electrons. The fraction of sp³-hybridized carbons (Fsp3) is 0.125. The Morgan fingerprint density at radius 1 is 0.935 bits per heavy atom. The number of urea groups is 1. The molecule has 0 aliphatic carbocycles. The van der Waals surface area contributed by atoms with Gasteiger partial charge in [-0.15, -0.1) is 0 Å². The summed E-state index contributed by atoms with van der Waals surface area (Å²) in [5.41, 5.74) is 0.422. The Morgan fingerprint density at radius 2 is 1.61 bits per heavy atom. The van der Waals surface area contributed by atoms with Crippen molar-refractivity contribution in [3.8, 4) is 0 Å². The van der Waals surface area contributed by atoms with Gasteiger partial charge in [0.2, 0.25) is 5.91 Å². The number of hydrogen-bond donors (Lipinski definition) is 2. The molecular formula is C24H20FN3O3. The number of anilines is 1. The van der Waals surface area contributed by atoms with Crippen LogP contribution in [0, 0.1) is 5.82 Å². The number of hydrogen-bond acceptors (Lipinski definition) is 3. The highest BCUT2D eigenvalue weighted by Gasteiger charge is 2.52. The van der Waals surface area contributed by atoms with Gasteiger partial charge in [0, 0.05) is 12.1 Å². The number of halogens is 1. The monoisotopic (exact) mass is 417 g/mol. The van der Waals surface area contributed by atoms with Crippen molar-refractivity contribution in [3.05, 3.63) is 102 Å². The maximum Gasteiger partial charge on any atom is 0.325 e. The average molecular weight is 417 g/mol. The molecule has 0 saturated carbocycles. The van der Waals surface area contributed by atoms with E-state index < -0.39 is 35.7 Å². The topological polar surface area (TPSA) is 78.5 Å². The summed E-state index contributed by atoms with van der Waals surface area (Å²) in [5.74, 6) is -1.61. The van der Waals surface area contributed by atoms with Gasteiger partial charge in [-0.1, -0.05) is 66.7 Å². The van der Waals surface area contributed by atoms with Crippen LogP contribution >= 0.6 is 0 Å². The molecule has 0 bridgehead atoms. The Balaban J connectivity index is 1.60. The lowest BCUT2D eigenvalue weighted by atomic mass is 9.83. The number of nitrogens with one attached hydrogen (secondary N) is 2. The molecule has 1 aliphatic heterocycles. The van der Waals surface area contributed by atoms with Crippen LogP contribution in [0.5, 0.6) is 0 Å². The lowest BCUT2D eigenvalue weighted by Crippen LogP contribution is -2.46. The quantitative estimate of drug-likeness (QED) is 0.603. The van der Waals surface area contributed by atoms with Crippen molar-refractivity contribution >= 4 is 23.5 Å². The number of carbonyl (C=O) groups is 3. The number of nitrogens with zero attached hydrogens (tertiary/aromatic N) is 1. The van der Waals surface area contributed by atoms with E-state index in [1.807, 2.05) is 36.4 Å². The van der Waals surface area contributed by atoms with Crippen LogP contribution in [0.3, 0.4) is 0 Å². The second-order valence-electron chi connectivity index (χ2n) is 7.31. The summed E-state index contributed by atoms with van der Waals surface area (Å²) in [5, 5.41) is 5.32. The van der Waals surface area contributed by atoms with E-state index in [9.17, 15) is 18.8 Å². The van der Waals surface area contributed by atoms with Crippen LogP contribution in [0.25, 0.3) is 0 Å². The molecule has 1 atom stereocenters. The van der Waals surface area contributed by atoms with Gasteiger partial charge in [0.15, 0.2) is 5.54 Å². The van der Waals surface area contributed by atoms with Crippen LogP contribution in [0.4, 0.5) is 14.9 Å². The smallest absolute Gasteiger partial charge is 0.324 e. The molecule has 1 saturated heterocycles. The summed E-state index contributed by atoms with van der Waals surface area (Å²) in [4.78, 5) is 39.6. The van der Waals surface area contributed by atoms with E-state index in [1.165, 1.54) is 18.2 Å². The maximum atomic E-state index is 13.5. The highest BCUT2D eigenvalue weighted by Crippen LogP contribution is 2.33. The Kier molecular flexibility index (Phi) is 5.49. The fourth-order valence-corrected chi connectivity index (χ4v) is 3.72. The first-order valence-corrected chi connectivity index (χ1v) is 9.77. The van der Waals surface area contributed by atoms with Gasteiger partial charge < -0.3 is 10.6 Å². The standard InChI is InChI=1S/C24H20FN3O3/c25-19-12-7-13-20(14-19)26-21(29)16-28-22(30)24(27-23(28)31,18-10-5-2-6-11-18)15-17-8-3-1-4-9-17/h1-14H,15-16H2,(H,26,29)(H,27,31)/t24-/m1/s1. The zero-order valence-electron chi connectivity index (χ0n) is 16.5. The normalized spacial score (nSPS) is 18.0. The van der Waals surface area contributed by atoms with Crippen molar-refractivity contribution < 1.29 is 18.8 Å². The fourth-order valence-electron chi connectivity index (χ4n) is 3.72. The number of benzene rings is 3. The molecule has 1 aliphatic rings. The Morgan fingerprint density at radius 3 is 2.29 bits per heavy atom. The average Bonchev–Trinajstić information content (AvgIpc) is 3.00. The number of rotatable bonds is 6. The third kappa shape index (κ3) is 4.16. The molecule has 4 amide bonds. The minimum absolute atomic E-state index is 0.241. The Bertz CT molecular complexity index is 1120. The van der Waals surface area contributed by atoms with Crippen LogP contribution < -0.4 is 10.6 Å². The highest BCUT2D eigenvalue weighted by atomic mass is 19.1. The Labute approximate surface area is 178 Å². The summed E-state index contributed by atoms with van der Waals surface area (Å²) < 4.78 is 13.4. The third-order valence-corrected chi connectivity index (χ3v) is 5.16. The lowest BCUT2D eigenvalue weighted by molar-refractivity contribution is -0.134. The molecule has 0 unspecified atom stereocenters. The molecule has 0 spiro atoms. The van der Waals surface area contributed by atoms with Crippen LogP contribution in [-0.2, 0) is 21.5 Å². The molecular weight excluding hydrogens is 397 g/mol. The third-order valence-electron chi connectivity index (χ3n) is 5.16. The van der Waals surface area contributed by atoms with Crippen molar-refractivity contribution in [2.24, 2.45) is 0 Å². The van der Waals surface area contributed by atoms with E-state index in [1.54, 1.807) is 24.3 Å². The Hall–Kier alpha value is -4.00.